The van der Waals surface area contributed by atoms with Gasteiger partial charge < -0.3 is 10.1 Å². The first-order valence-electron chi connectivity index (χ1n) is 6.58. The van der Waals surface area contributed by atoms with Crippen molar-refractivity contribution in [1.29, 1.82) is 0 Å². The Hall–Kier alpha value is -0.0800. The first-order valence-corrected chi connectivity index (χ1v) is 6.58. The fourth-order valence-corrected chi connectivity index (χ4v) is 2.35. The van der Waals surface area contributed by atoms with Gasteiger partial charge in [0.2, 0.25) is 0 Å². The van der Waals surface area contributed by atoms with Crippen LogP contribution in [0, 0.1) is 5.92 Å². The van der Waals surface area contributed by atoms with Crippen LogP contribution in [0.2, 0.25) is 0 Å². The lowest BCUT2D eigenvalue weighted by Gasteiger charge is -2.30. The number of nitrogens with one attached hydrogen (secondary N) is 1. The number of rotatable bonds is 6. The predicted molar refractivity (Wildman–Crippen MR) is 63.0 cm³/mol. The Balaban J connectivity index is 1.78. The molecule has 0 aliphatic heterocycles. The Morgan fingerprint density at radius 2 is 1.93 bits per heavy atom. The lowest BCUT2D eigenvalue weighted by atomic mass is 10.0. The normalized spacial score (nSPS) is 25.0. The monoisotopic (exact) mass is 211 g/mol. The summed E-state index contributed by atoms with van der Waals surface area (Å²) in [5.74, 6) is 0.656. The van der Waals surface area contributed by atoms with Crippen LogP contribution in [0.25, 0.3) is 0 Å². The van der Waals surface area contributed by atoms with E-state index in [0.717, 1.165) is 19.2 Å². The maximum atomic E-state index is 6.17. The van der Waals surface area contributed by atoms with E-state index in [1.165, 1.54) is 38.5 Å². The van der Waals surface area contributed by atoms with Crippen molar-refractivity contribution in [2.45, 2.75) is 64.0 Å². The maximum Gasteiger partial charge on any atom is 0.0806 e. The Morgan fingerprint density at radius 1 is 1.27 bits per heavy atom. The Bertz CT molecular complexity index is 185. The lowest BCUT2D eigenvalue weighted by Crippen LogP contribution is -2.42. The molecule has 2 aliphatic carbocycles. The number of ether oxygens (including phenoxy) is 1. The molecule has 0 atom stereocenters. The Morgan fingerprint density at radius 3 is 2.47 bits per heavy atom. The van der Waals surface area contributed by atoms with E-state index >= 15 is 0 Å². The van der Waals surface area contributed by atoms with Crippen molar-refractivity contribution >= 4 is 0 Å². The van der Waals surface area contributed by atoms with Crippen LogP contribution < -0.4 is 5.32 Å². The average molecular weight is 211 g/mol. The van der Waals surface area contributed by atoms with E-state index in [0.29, 0.717) is 5.92 Å². The van der Waals surface area contributed by atoms with Gasteiger partial charge >= 0.3 is 0 Å². The standard InChI is InChI=1S/C13H25NO/c1-11(2)9-15-13(7-3-4-8-13)10-14-12-5-6-12/h11-12,14H,3-10H2,1-2H3. The molecular weight excluding hydrogens is 186 g/mol. The van der Waals surface area contributed by atoms with Gasteiger partial charge in [0, 0.05) is 19.2 Å². The molecule has 0 amide bonds. The molecule has 88 valence electrons. The largest absolute Gasteiger partial charge is 0.373 e. The molecular formula is C13H25NO. The van der Waals surface area contributed by atoms with E-state index in [2.05, 4.69) is 19.2 Å². The predicted octanol–water partition coefficient (Wildman–Crippen LogP) is 2.72. The van der Waals surface area contributed by atoms with Crippen molar-refractivity contribution < 1.29 is 4.74 Å². The van der Waals surface area contributed by atoms with E-state index < -0.39 is 0 Å². The van der Waals surface area contributed by atoms with Gasteiger partial charge in [-0.2, -0.15) is 0 Å². The van der Waals surface area contributed by atoms with Crippen molar-refractivity contribution in [3.8, 4) is 0 Å². The molecule has 2 rings (SSSR count). The van der Waals surface area contributed by atoms with Crippen molar-refractivity contribution in [1.82, 2.24) is 5.32 Å². The minimum Gasteiger partial charge on any atom is -0.373 e. The van der Waals surface area contributed by atoms with Gasteiger partial charge in [-0.3, -0.25) is 0 Å². The highest BCUT2D eigenvalue weighted by molar-refractivity contribution is 4.92. The summed E-state index contributed by atoms with van der Waals surface area (Å²) in [6.45, 7) is 6.48. The SMILES string of the molecule is CC(C)COC1(CNC2CC2)CCCC1. The maximum absolute atomic E-state index is 6.17. The second-order valence-electron chi connectivity index (χ2n) is 5.75. The summed E-state index contributed by atoms with van der Waals surface area (Å²) < 4.78 is 6.17. The van der Waals surface area contributed by atoms with Crippen molar-refractivity contribution in [3.63, 3.8) is 0 Å². The van der Waals surface area contributed by atoms with Crippen LogP contribution >= 0.6 is 0 Å². The summed E-state index contributed by atoms with van der Waals surface area (Å²) in [4.78, 5) is 0. The van der Waals surface area contributed by atoms with Gasteiger partial charge in [-0.1, -0.05) is 26.7 Å². The highest BCUT2D eigenvalue weighted by Crippen LogP contribution is 2.34. The van der Waals surface area contributed by atoms with Crippen molar-refractivity contribution in [3.05, 3.63) is 0 Å². The Labute approximate surface area is 93.8 Å². The second kappa shape index (κ2) is 4.84. The first-order chi connectivity index (χ1) is 7.20. The molecule has 2 nitrogen and oxygen atoms in total. The van der Waals surface area contributed by atoms with Gasteiger partial charge in [-0.05, 0) is 31.6 Å². The van der Waals surface area contributed by atoms with Crippen LogP contribution in [-0.4, -0.2) is 24.8 Å². The van der Waals surface area contributed by atoms with Gasteiger partial charge in [-0.25, -0.2) is 0 Å². The summed E-state index contributed by atoms with van der Waals surface area (Å²) in [5.41, 5.74) is 0.187. The third-order valence-corrected chi connectivity index (χ3v) is 3.53. The van der Waals surface area contributed by atoms with Crippen LogP contribution in [-0.2, 0) is 4.74 Å². The molecule has 0 heterocycles. The average Bonchev–Trinajstić information content (AvgIpc) is 2.93. The number of hydrogen-bond acceptors (Lipinski definition) is 2. The molecule has 0 unspecified atom stereocenters. The highest BCUT2D eigenvalue weighted by Gasteiger charge is 2.36. The quantitative estimate of drug-likeness (QED) is 0.729. The lowest BCUT2D eigenvalue weighted by molar-refractivity contribution is -0.0510. The molecule has 0 aromatic carbocycles. The van der Waals surface area contributed by atoms with E-state index in [-0.39, 0.29) is 5.60 Å². The highest BCUT2D eigenvalue weighted by atomic mass is 16.5. The third-order valence-electron chi connectivity index (χ3n) is 3.53. The van der Waals surface area contributed by atoms with Crippen LogP contribution in [0.5, 0.6) is 0 Å². The summed E-state index contributed by atoms with van der Waals surface area (Å²) in [5, 5.41) is 3.64. The molecule has 0 radical (unpaired) electrons. The fourth-order valence-electron chi connectivity index (χ4n) is 2.35. The van der Waals surface area contributed by atoms with Crippen molar-refractivity contribution in [2.75, 3.05) is 13.2 Å². The van der Waals surface area contributed by atoms with E-state index in [4.69, 9.17) is 4.74 Å². The summed E-state index contributed by atoms with van der Waals surface area (Å²) in [6.07, 6.45) is 7.98. The smallest absolute Gasteiger partial charge is 0.0806 e. The molecule has 0 aromatic rings. The summed E-state index contributed by atoms with van der Waals surface area (Å²) in [7, 11) is 0. The molecule has 2 aliphatic rings. The minimum absolute atomic E-state index is 0.187. The zero-order chi connectivity index (χ0) is 10.7. The molecule has 15 heavy (non-hydrogen) atoms. The molecule has 2 heteroatoms. The van der Waals surface area contributed by atoms with Crippen LogP contribution in [0.15, 0.2) is 0 Å². The van der Waals surface area contributed by atoms with E-state index in [1.807, 2.05) is 0 Å². The summed E-state index contributed by atoms with van der Waals surface area (Å²) >= 11 is 0. The number of hydrogen-bond donors (Lipinski definition) is 1. The Kier molecular flexibility index (Phi) is 3.68. The molecule has 0 bridgehead atoms. The van der Waals surface area contributed by atoms with Gasteiger partial charge in [0.1, 0.15) is 0 Å². The second-order valence-corrected chi connectivity index (χ2v) is 5.75. The van der Waals surface area contributed by atoms with E-state index in [9.17, 15) is 0 Å². The first kappa shape index (κ1) is 11.4. The van der Waals surface area contributed by atoms with Crippen molar-refractivity contribution in [2.24, 2.45) is 5.92 Å². The zero-order valence-corrected chi connectivity index (χ0v) is 10.2. The molecule has 0 spiro atoms. The summed E-state index contributed by atoms with van der Waals surface area (Å²) in [6, 6.07) is 0.810. The molecule has 0 saturated heterocycles. The van der Waals surface area contributed by atoms with Gasteiger partial charge in [0.05, 0.1) is 5.60 Å². The van der Waals surface area contributed by atoms with Gasteiger partial charge in [0.15, 0.2) is 0 Å². The molecule has 2 saturated carbocycles. The van der Waals surface area contributed by atoms with Gasteiger partial charge in [0.25, 0.3) is 0 Å². The minimum atomic E-state index is 0.187. The topological polar surface area (TPSA) is 21.3 Å². The molecule has 2 fully saturated rings. The van der Waals surface area contributed by atoms with E-state index in [1.54, 1.807) is 0 Å². The zero-order valence-electron chi connectivity index (χ0n) is 10.2. The van der Waals surface area contributed by atoms with Gasteiger partial charge in [-0.15, -0.1) is 0 Å². The fraction of sp³-hybridized carbons (Fsp3) is 1.00. The van der Waals surface area contributed by atoms with Crippen LogP contribution in [0.1, 0.15) is 52.4 Å². The van der Waals surface area contributed by atoms with Crippen LogP contribution in [0.4, 0.5) is 0 Å². The third kappa shape index (κ3) is 3.46. The van der Waals surface area contributed by atoms with Crippen LogP contribution in [0.3, 0.4) is 0 Å². The molecule has 1 N–H and O–H groups in total. The molecule has 0 aromatic heterocycles.